The minimum Gasteiger partial charge on any atom is -0.361 e. The van der Waals surface area contributed by atoms with E-state index in [4.69, 9.17) is 4.52 Å². The van der Waals surface area contributed by atoms with Crippen LogP contribution in [-0.2, 0) is 21.3 Å². The summed E-state index contributed by atoms with van der Waals surface area (Å²) in [5.74, 6) is 0.629. The van der Waals surface area contributed by atoms with Gasteiger partial charge in [-0.2, -0.15) is 0 Å². The third-order valence-corrected chi connectivity index (χ3v) is 4.31. The number of nitrogens with zero attached hydrogens (tertiary/aromatic N) is 1. The van der Waals surface area contributed by atoms with Crippen molar-refractivity contribution in [1.29, 1.82) is 0 Å². The molecule has 112 valence electrons. The van der Waals surface area contributed by atoms with Crippen LogP contribution in [0.15, 0.2) is 28.8 Å². The lowest BCUT2D eigenvalue weighted by molar-refractivity contribution is -0.113. The normalized spacial score (nSPS) is 12.1. The van der Waals surface area contributed by atoms with Crippen LogP contribution in [0.1, 0.15) is 22.6 Å². The molecule has 1 N–H and O–H groups in total. The molecule has 1 aromatic heterocycles. The molecule has 1 unspecified atom stereocenters. The van der Waals surface area contributed by atoms with Crippen LogP contribution in [0.2, 0.25) is 0 Å². The Labute approximate surface area is 126 Å². The number of carbonyl (C=O) groups is 1. The number of amides is 1. The van der Waals surface area contributed by atoms with E-state index in [-0.39, 0.29) is 17.4 Å². The van der Waals surface area contributed by atoms with Gasteiger partial charge in [-0.25, -0.2) is 0 Å². The highest BCUT2D eigenvalue weighted by atomic mass is 32.2. The summed E-state index contributed by atoms with van der Waals surface area (Å²) >= 11 is 0. The van der Waals surface area contributed by atoms with Gasteiger partial charge < -0.3 is 9.84 Å². The molecule has 1 aromatic carbocycles. The van der Waals surface area contributed by atoms with Crippen molar-refractivity contribution in [2.45, 2.75) is 26.5 Å². The molecule has 0 bridgehead atoms. The third-order valence-electron chi connectivity index (χ3n) is 3.11. The van der Waals surface area contributed by atoms with E-state index in [1.807, 2.05) is 31.2 Å². The van der Waals surface area contributed by atoms with Gasteiger partial charge in [0.15, 0.2) is 0 Å². The van der Waals surface area contributed by atoms with Crippen molar-refractivity contribution in [3.05, 3.63) is 46.8 Å². The molecule has 2 rings (SSSR count). The van der Waals surface area contributed by atoms with Crippen LogP contribution < -0.4 is 5.32 Å². The van der Waals surface area contributed by atoms with Crippen LogP contribution in [0.25, 0.3) is 0 Å². The minimum atomic E-state index is -1.29. The topological polar surface area (TPSA) is 72.2 Å². The standard InChI is InChI=1S/C15H18N2O3S/c1-10-4-6-13(7-5-10)16-15(18)9-21(19)8-14-11(2)17-20-12(14)3/h4-7H,8-9H2,1-3H3,(H,16,18). The summed E-state index contributed by atoms with van der Waals surface area (Å²) in [6.45, 7) is 5.55. The van der Waals surface area contributed by atoms with E-state index < -0.39 is 10.8 Å². The first-order chi connectivity index (χ1) is 9.95. The van der Waals surface area contributed by atoms with Gasteiger partial charge in [-0.15, -0.1) is 0 Å². The maximum absolute atomic E-state index is 12.1. The Hall–Kier alpha value is -1.95. The molecule has 0 aliphatic heterocycles. The molecule has 1 atom stereocenters. The molecule has 0 aliphatic carbocycles. The Kier molecular flexibility index (Phi) is 4.90. The fraction of sp³-hybridized carbons (Fsp3) is 0.333. The lowest BCUT2D eigenvalue weighted by atomic mass is 10.2. The minimum absolute atomic E-state index is 0.0437. The first-order valence-electron chi connectivity index (χ1n) is 6.59. The lowest BCUT2D eigenvalue weighted by Crippen LogP contribution is -2.20. The van der Waals surface area contributed by atoms with Crippen LogP contribution >= 0.6 is 0 Å². The van der Waals surface area contributed by atoms with E-state index in [1.165, 1.54) is 0 Å². The smallest absolute Gasteiger partial charge is 0.237 e. The van der Waals surface area contributed by atoms with Gasteiger partial charge in [0.25, 0.3) is 0 Å². The summed E-state index contributed by atoms with van der Waals surface area (Å²) in [7, 11) is -1.29. The molecule has 0 saturated heterocycles. The monoisotopic (exact) mass is 306 g/mol. The van der Waals surface area contributed by atoms with Crippen LogP contribution in [-0.4, -0.2) is 21.0 Å². The number of nitrogens with one attached hydrogen (secondary N) is 1. The largest absolute Gasteiger partial charge is 0.361 e. The number of hydrogen-bond donors (Lipinski definition) is 1. The molecule has 1 amide bonds. The average molecular weight is 306 g/mol. The second kappa shape index (κ2) is 6.67. The Morgan fingerprint density at radius 2 is 1.90 bits per heavy atom. The summed E-state index contributed by atoms with van der Waals surface area (Å²) in [6.07, 6.45) is 0. The van der Waals surface area contributed by atoms with Gasteiger partial charge in [0, 0.05) is 22.1 Å². The van der Waals surface area contributed by atoms with Crippen LogP contribution in [0.4, 0.5) is 5.69 Å². The van der Waals surface area contributed by atoms with Gasteiger partial charge >= 0.3 is 0 Å². The van der Waals surface area contributed by atoms with Crippen LogP contribution in [0, 0.1) is 20.8 Å². The molecular weight excluding hydrogens is 288 g/mol. The van der Waals surface area contributed by atoms with Crippen molar-refractivity contribution in [2.24, 2.45) is 0 Å². The first kappa shape index (κ1) is 15.4. The van der Waals surface area contributed by atoms with Crippen molar-refractivity contribution < 1.29 is 13.5 Å². The van der Waals surface area contributed by atoms with Crippen molar-refractivity contribution in [1.82, 2.24) is 5.16 Å². The van der Waals surface area contributed by atoms with Gasteiger partial charge in [0.2, 0.25) is 5.91 Å². The average Bonchev–Trinajstić information content (AvgIpc) is 2.73. The molecule has 6 heteroatoms. The third kappa shape index (κ3) is 4.26. The van der Waals surface area contributed by atoms with Gasteiger partial charge in [0.05, 0.1) is 11.4 Å². The number of carbonyl (C=O) groups excluding carboxylic acids is 1. The molecule has 21 heavy (non-hydrogen) atoms. The molecule has 2 aromatic rings. The second-order valence-electron chi connectivity index (χ2n) is 4.95. The zero-order valence-corrected chi connectivity index (χ0v) is 13.1. The predicted molar refractivity (Wildman–Crippen MR) is 82.5 cm³/mol. The van der Waals surface area contributed by atoms with E-state index in [0.29, 0.717) is 11.4 Å². The predicted octanol–water partition coefficient (Wildman–Crippen LogP) is 2.49. The van der Waals surface area contributed by atoms with Gasteiger partial charge in [-0.3, -0.25) is 9.00 Å². The SMILES string of the molecule is Cc1ccc(NC(=O)CS(=O)Cc2c(C)noc2C)cc1. The zero-order chi connectivity index (χ0) is 15.4. The van der Waals surface area contributed by atoms with E-state index >= 15 is 0 Å². The highest BCUT2D eigenvalue weighted by molar-refractivity contribution is 7.85. The Morgan fingerprint density at radius 3 is 2.48 bits per heavy atom. The molecular formula is C15H18N2O3S. The Bertz CT molecular complexity index is 643. The fourth-order valence-electron chi connectivity index (χ4n) is 1.90. The maximum Gasteiger partial charge on any atom is 0.237 e. The summed E-state index contributed by atoms with van der Waals surface area (Å²) in [5.41, 5.74) is 3.37. The number of hydrogen-bond acceptors (Lipinski definition) is 4. The molecule has 0 saturated carbocycles. The highest BCUT2D eigenvalue weighted by Crippen LogP contribution is 2.15. The van der Waals surface area contributed by atoms with E-state index in [0.717, 1.165) is 16.8 Å². The summed E-state index contributed by atoms with van der Waals surface area (Å²) in [5, 5.41) is 6.55. The van der Waals surface area contributed by atoms with Crippen molar-refractivity contribution in [3.63, 3.8) is 0 Å². The number of anilines is 1. The quantitative estimate of drug-likeness (QED) is 0.921. The van der Waals surface area contributed by atoms with E-state index in [1.54, 1.807) is 13.8 Å². The highest BCUT2D eigenvalue weighted by Gasteiger charge is 2.15. The Balaban J connectivity index is 1.90. The second-order valence-corrected chi connectivity index (χ2v) is 6.40. The zero-order valence-electron chi connectivity index (χ0n) is 12.3. The summed E-state index contributed by atoms with van der Waals surface area (Å²) < 4.78 is 17.1. The van der Waals surface area contributed by atoms with Crippen LogP contribution in [0.5, 0.6) is 0 Å². The van der Waals surface area contributed by atoms with Crippen LogP contribution in [0.3, 0.4) is 0 Å². The fourth-order valence-corrected chi connectivity index (χ4v) is 3.10. The van der Waals surface area contributed by atoms with Crippen molar-refractivity contribution >= 4 is 22.4 Å². The molecule has 0 radical (unpaired) electrons. The van der Waals surface area contributed by atoms with Crippen molar-refractivity contribution in [3.8, 4) is 0 Å². The first-order valence-corrected chi connectivity index (χ1v) is 8.07. The van der Waals surface area contributed by atoms with E-state index in [9.17, 15) is 9.00 Å². The van der Waals surface area contributed by atoms with Crippen molar-refractivity contribution in [2.75, 3.05) is 11.1 Å². The number of benzene rings is 1. The molecule has 1 heterocycles. The number of aromatic nitrogens is 1. The van der Waals surface area contributed by atoms with Gasteiger partial charge in [-0.1, -0.05) is 22.9 Å². The Morgan fingerprint density at radius 1 is 1.24 bits per heavy atom. The summed E-state index contributed by atoms with van der Waals surface area (Å²) in [6, 6.07) is 7.47. The molecule has 0 aliphatic rings. The van der Waals surface area contributed by atoms with Gasteiger partial charge in [0.1, 0.15) is 11.5 Å². The maximum atomic E-state index is 12.1. The summed E-state index contributed by atoms with van der Waals surface area (Å²) in [4.78, 5) is 11.9. The molecule has 0 fully saturated rings. The lowest BCUT2D eigenvalue weighted by Gasteiger charge is -2.05. The number of aryl methyl sites for hydroxylation is 3. The molecule has 5 nitrogen and oxygen atoms in total. The van der Waals surface area contributed by atoms with Gasteiger partial charge in [-0.05, 0) is 32.9 Å². The number of rotatable bonds is 5. The van der Waals surface area contributed by atoms with E-state index in [2.05, 4.69) is 10.5 Å². The molecule has 0 spiro atoms.